The number of likely N-dealkylation sites (tertiary alicyclic amines) is 1. The number of nitrogens with zero attached hydrogens (tertiary/aromatic N) is 3. The Balaban J connectivity index is 1.52. The number of rotatable bonds is 5. The van der Waals surface area contributed by atoms with Crippen LogP contribution in [-0.4, -0.2) is 34.9 Å². The van der Waals surface area contributed by atoms with E-state index in [2.05, 4.69) is 22.9 Å². The van der Waals surface area contributed by atoms with E-state index >= 15 is 0 Å². The van der Waals surface area contributed by atoms with Gasteiger partial charge in [0.2, 0.25) is 0 Å². The Morgan fingerprint density at radius 1 is 1.17 bits per heavy atom. The summed E-state index contributed by atoms with van der Waals surface area (Å²) >= 11 is 0. The van der Waals surface area contributed by atoms with Crippen molar-refractivity contribution in [3.63, 3.8) is 0 Å². The van der Waals surface area contributed by atoms with Crippen LogP contribution in [0.15, 0.2) is 65.4 Å². The Hall–Kier alpha value is -3.12. The van der Waals surface area contributed by atoms with Crippen molar-refractivity contribution in [2.24, 2.45) is 0 Å². The van der Waals surface area contributed by atoms with Crippen LogP contribution < -0.4 is 10.6 Å². The summed E-state index contributed by atoms with van der Waals surface area (Å²) in [6.07, 6.45) is 5.05. The van der Waals surface area contributed by atoms with E-state index in [9.17, 15) is 4.79 Å². The van der Waals surface area contributed by atoms with Crippen molar-refractivity contribution in [2.45, 2.75) is 38.8 Å². The highest BCUT2D eigenvalue weighted by atomic mass is 16.3. The first kappa shape index (κ1) is 20.2. The van der Waals surface area contributed by atoms with Gasteiger partial charge in [0.25, 0.3) is 5.91 Å². The summed E-state index contributed by atoms with van der Waals surface area (Å²) in [6, 6.07) is 15.7. The molecular weight excluding hydrogens is 376 g/mol. The maximum Gasteiger partial charge on any atom is 0.295 e. The first-order valence-corrected chi connectivity index (χ1v) is 10.4. The predicted octanol–water partition coefficient (Wildman–Crippen LogP) is 4.44. The molecule has 0 aliphatic carbocycles. The van der Waals surface area contributed by atoms with Crippen LogP contribution in [0.1, 0.15) is 47.5 Å². The Morgan fingerprint density at radius 3 is 2.57 bits per heavy atom. The molecule has 2 N–H and O–H groups in total. The van der Waals surface area contributed by atoms with Gasteiger partial charge in [-0.2, -0.15) is 0 Å². The molecule has 0 radical (unpaired) electrons. The number of piperidine rings is 1. The lowest BCUT2D eigenvalue weighted by Gasteiger charge is -2.40. The predicted molar refractivity (Wildman–Crippen MR) is 118 cm³/mol. The minimum atomic E-state index is -0.143. The van der Waals surface area contributed by atoms with Crippen LogP contribution in [0.4, 0.5) is 11.5 Å². The zero-order valence-corrected chi connectivity index (χ0v) is 17.5. The van der Waals surface area contributed by atoms with Gasteiger partial charge in [-0.1, -0.05) is 24.3 Å². The fourth-order valence-corrected chi connectivity index (χ4v) is 4.20. The Morgan fingerprint density at radius 2 is 1.93 bits per heavy atom. The van der Waals surface area contributed by atoms with Gasteiger partial charge in [-0.25, -0.2) is 4.98 Å². The van der Waals surface area contributed by atoms with Gasteiger partial charge in [0, 0.05) is 37.1 Å². The van der Waals surface area contributed by atoms with Gasteiger partial charge < -0.3 is 10.2 Å². The highest BCUT2D eigenvalue weighted by molar-refractivity contribution is 6.04. The number of nitrogen functional groups attached to an aromatic ring is 1. The standard InChI is InChI=1S/C24H28N4O2/c1-17-9-10-23(26-16-17)28(24(29)22-8-5-15-30-22)19-11-13-27(14-12-19)18(2)20-6-3-4-7-21(20)25/h3-10,15-16,18-19H,11-14,25H2,1-2H3. The Kier molecular flexibility index (Phi) is 5.86. The molecule has 0 saturated carbocycles. The first-order chi connectivity index (χ1) is 14.5. The third-order valence-electron chi connectivity index (χ3n) is 5.95. The summed E-state index contributed by atoms with van der Waals surface area (Å²) in [6.45, 7) is 5.95. The minimum Gasteiger partial charge on any atom is -0.459 e. The zero-order valence-electron chi connectivity index (χ0n) is 17.5. The molecule has 6 nitrogen and oxygen atoms in total. The number of carbonyl (C=O) groups is 1. The Bertz CT molecular complexity index is 977. The van der Waals surface area contributed by atoms with Crippen LogP contribution in [0, 0.1) is 6.92 Å². The van der Waals surface area contributed by atoms with Gasteiger partial charge in [-0.05, 0) is 62.1 Å². The molecule has 1 aromatic carbocycles. The van der Waals surface area contributed by atoms with Crippen molar-refractivity contribution >= 4 is 17.4 Å². The molecule has 4 rings (SSSR count). The SMILES string of the molecule is Cc1ccc(N(C(=O)c2ccco2)C2CCN(C(C)c3ccccc3N)CC2)nc1. The van der Waals surface area contributed by atoms with Crippen LogP contribution in [0.25, 0.3) is 0 Å². The fraction of sp³-hybridized carbons (Fsp3) is 0.333. The quantitative estimate of drug-likeness (QED) is 0.637. The minimum absolute atomic E-state index is 0.0642. The average molecular weight is 405 g/mol. The van der Waals surface area contributed by atoms with E-state index in [0.717, 1.165) is 42.7 Å². The maximum absolute atomic E-state index is 13.2. The lowest BCUT2D eigenvalue weighted by molar-refractivity contribution is 0.0922. The summed E-state index contributed by atoms with van der Waals surface area (Å²) < 4.78 is 5.40. The number of pyridine rings is 1. The molecular formula is C24H28N4O2. The van der Waals surface area contributed by atoms with E-state index in [-0.39, 0.29) is 18.0 Å². The number of amides is 1. The third-order valence-corrected chi connectivity index (χ3v) is 5.95. The maximum atomic E-state index is 13.2. The van der Waals surface area contributed by atoms with Crippen LogP contribution in [-0.2, 0) is 0 Å². The van der Waals surface area contributed by atoms with Crippen molar-refractivity contribution in [1.29, 1.82) is 0 Å². The number of aromatic nitrogens is 1. The number of furan rings is 1. The van der Waals surface area contributed by atoms with Gasteiger partial charge in [0.05, 0.1) is 6.26 Å². The normalized spacial score (nSPS) is 16.3. The largest absolute Gasteiger partial charge is 0.459 e. The molecule has 1 fully saturated rings. The number of carbonyl (C=O) groups excluding carboxylic acids is 1. The molecule has 1 saturated heterocycles. The van der Waals surface area contributed by atoms with Crippen molar-refractivity contribution < 1.29 is 9.21 Å². The number of para-hydroxylation sites is 1. The molecule has 3 aromatic rings. The summed E-state index contributed by atoms with van der Waals surface area (Å²) in [5, 5.41) is 0. The molecule has 0 spiro atoms. The second kappa shape index (κ2) is 8.71. The van der Waals surface area contributed by atoms with Crippen LogP contribution >= 0.6 is 0 Å². The number of hydrogen-bond donors (Lipinski definition) is 1. The van der Waals surface area contributed by atoms with Gasteiger partial charge in [0.1, 0.15) is 5.82 Å². The number of hydrogen-bond acceptors (Lipinski definition) is 5. The van der Waals surface area contributed by atoms with E-state index < -0.39 is 0 Å². The monoisotopic (exact) mass is 404 g/mol. The Labute approximate surface area is 177 Å². The number of aryl methyl sites for hydroxylation is 1. The summed E-state index contributed by atoms with van der Waals surface area (Å²) in [4.78, 5) is 22.0. The topological polar surface area (TPSA) is 75.6 Å². The highest BCUT2D eigenvalue weighted by Crippen LogP contribution is 2.31. The summed E-state index contributed by atoms with van der Waals surface area (Å²) in [7, 11) is 0. The summed E-state index contributed by atoms with van der Waals surface area (Å²) in [5.74, 6) is 0.862. The van der Waals surface area contributed by atoms with E-state index in [4.69, 9.17) is 10.2 Å². The van der Waals surface area contributed by atoms with Crippen molar-refractivity contribution in [3.05, 3.63) is 77.9 Å². The van der Waals surface area contributed by atoms with Crippen molar-refractivity contribution in [2.75, 3.05) is 23.7 Å². The van der Waals surface area contributed by atoms with Gasteiger partial charge in [-0.15, -0.1) is 0 Å². The lowest BCUT2D eigenvalue weighted by Crippen LogP contribution is -2.48. The van der Waals surface area contributed by atoms with Crippen LogP contribution in [0.2, 0.25) is 0 Å². The molecule has 1 unspecified atom stereocenters. The molecule has 30 heavy (non-hydrogen) atoms. The van der Waals surface area contributed by atoms with Gasteiger partial charge >= 0.3 is 0 Å². The van der Waals surface area contributed by atoms with E-state index in [1.54, 1.807) is 23.2 Å². The van der Waals surface area contributed by atoms with E-state index in [1.807, 2.05) is 37.3 Å². The molecule has 3 heterocycles. The van der Waals surface area contributed by atoms with Gasteiger partial charge in [-0.3, -0.25) is 14.6 Å². The number of anilines is 2. The molecule has 1 aliphatic rings. The molecule has 6 heteroatoms. The molecule has 2 aromatic heterocycles. The molecule has 1 aliphatic heterocycles. The molecule has 156 valence electrons. The fourth-order valence-electron chi connectivity index (χ4n) is 4.20. The van der Waals surface area contributed by atoms with Crippen LogP contribution in [0.3, 0.4) is 0 Å². The van der Waals surface area contributed by atoms with Crippen LogP contribution in [0.5, 0.6) is 0 Å². The number of nitrogens with two attached hydrogens (primary N) is 1. The highest BCUT2D eigenvalue weighted by Gasteiger charge is 2.33. The van der Waals surface area contributed by atoms with Crippen molar-refractivity contribution in [1.82, 2.24) is 9.88 Å². The second-order valence-electron chi connectivity index (χ2n) is 7.92. The van der Waals surface area contributed by atoms with E-state index in [1.165, 1.54) is 6.26 Å². The van der Waals surface area contributed by atoms with E-state index in [0.29, 0.717) is 11.6 Å². The zero-order chi connectivity index (χ0) is 21.1. The first-order valence-electron chi connectivity index (χ1n) is 10.4. The smallest absolute Gasteiger partial charge is 0.295 e. The second-order valence-corrected chi connectivity index (χ2v) is 7.92. The number of benzene rings is 1. The van der Waals surface area contributed by atoms with Gasteiger partial charge in [0.15, 0.2) is 5.76 Å². The average Bonchev–Trinajstić information content (AvgIpc) is 3.31. The molecule has 1 amide bonds. The van der Waals surface area contributed by atoms with Crippen molar-refractivity contribution in [3.8, 4) is 0 Å². The summed E-state index contributed by atoms with van der Waals surface area (Å²) in [5.41, 5.74) is 9.23. The third kappa shape index (κ3) is 4.09. The molecule has 1 atom stereocenters. The lowest BCUT2D eigenvalue weighted by atomic mass is 9.98. The molecule has 0 bridgehead atoms.